The van der Waals surface area contributed by atoms with Gasteiger partial charge in [0.1, 0.15) is 5.82 Å². The van der Waals surface area contributed by atoms with E-state index in [0.29, 0.717) is 25.3 Å². The number of hydrogen-bond acceptors (Lipinski definition) is 5. The standard InChI is InChI=1S/C12H15N3O2/c1-9-4-10(6-13)5-12(14-9)15-2-3-17-8-11(15)7-16/h4-5,11,16H,2-3,7-8H2,1H3. The van der Waals surface area contributed by atoms with Crippen LogP contribution in [0.3, 0.4) is 0 Å². The Bertz CT molecular complexity index is 442. The molecule has 1 aliphatic rings. The number of rotatable bonds is 2. The number of ether oxygens (including phenoxy) is 1. The minimum absolute atomic E-state index is 0.0253. The molecule has 2 rings (SSSR count). The number of aliphatic hydroxyl groups is 1. The summed E-state index contributed by atoms with van der Waals surface area (Å²) in [7, 11) is 0. The van der Waals surface area contributed by atoms with E-state index in [1.807, 2.05) is 11.8 Å². The highest BCUT2D eigenvalue weighted by atomic mass is 16.5. The van der Waals surface area contributed by atoms with Gasteiger partial charge < -0.3 is 14.7 Å². The molecule has 1 aromatic heterocycles. The molecule has 1 aromatic rings. The van der Waals surface area contributed by atoms with Crippen molar-refractivity contribution < 1.29 is 9.84 Å². The van der Waals surface area contributed by atoms with E-state index in [4.69, 9.17) is 10.00 Å². The molecule has 1 unspecified atom stereocenters. The van der Waals surface area contributed by atoms with Crippen LogP contribution in [0, 0.1) is 18.3 Å². The van der Waals surface area contributed by atoms with Crippen LogP contribution in [0.25, 0.3) is 0 Å². The molecule has 5 nitrogen and oxygen atoms in total. The van der Waals surface area contributed by atoms with E-state index in [-0.39, 0.29) is 12.6 Å². The van der Waals surface area contributed by atoms with E-state index in [1.165, 1.54) is 0 Å². The molecule has 1 N–H and O–H groups in total. The van der Waals surface area contributed by atoms with Gasteiger partial charge in [-0.25, -0.2) is 4.98 Å². The highest BCUT2D eigenvalue weighted by Crippen LogP contribution is 2.19. The van der Waals surface area contributed by atoms with Crippen molar-refractivity contribution in [1.29, 1.82) is 5.26 Å². The van der Waals surface area contributed by atoms with Crippen molar-refractivity contribution in [3.63, 3.8) is 0 Å². The fourth-order valence-electron chi connectivity index (χ4n) is 1.97. The van der Waals surface area contributed by atoms with E-state index < -0.39 is 0 Å². The number of nitrogens with zero attached hydrogens (tertiary/aromatic N) is 3. The van der Waals surface area contributed by atoms with Crippen LogP contribution in [0.2, 0.25) is 0 Å². The fraction of sp³-hybridized carbons (Fsp3) is 0.500. The molecule has 0 spiro atoms. The van der Waals surface area contributed by atoms with E-state index in [0.717, 1.165) is 11.5 Å². The molecule has 1 fully saturated rings. The van der Waals surface area contributed by atoms with Crippen LogP contribution in [0.5, 0.6) is 0 Å². The number of aromatic nitrogens is 1. The van der Waals surface area contributed by atoms with Crippen molar-refractivity contribution in [3.05, 3.63) is 23.4 Å². The summed E-state index contributed by atoms with van der Waals surface area (Å²) in [5, 5.41) is 18.2. The zero-order chi connectivity index (χ0) is 12.3. The second-order valence-corrected chi connectivity index (χ2v) is 4.07. The monoisotopic (exact) mass is 233 g/mol. The largest absolute Gasteiger partial charge is 0.394 e. The van der Waals surface area contributed by atoms with Crippen LogP contribution in [0.15, 0.2) is 12.1 Å². The molecule has 2 heterocycles. The molecule has 1 aliphatic heterocycles. The van der Waals surface area contributed by atoms with Gasteiger partial charge in [-0.15, -0.1) is 0 Å². The van der Waals surface area contributed by atoms with Crippen molar-refractivity contribution >= 4 is 5.82 Å². The van der Waals surface area contributed by atoms with Gasteiger partial charge in [-0.1, -0.05) is 0 Å². The van der Waals surface area contributed by atoms with Crippen molar-refractivity contribution in [1.82, 2.24) is 4.98 Å². The van der Waals surface area contributed by atoms with Crippen molar-refractivity contribution in [2.24, 2.45) is 0 Å². The summed E-state index contributed by atoms with van der Waals surface area (Å²) in [4.78, 5) is 6.41. The quantitative estimate of drug-likeness (QED) is 0.803. The number of pyridine rings is 1. The lowest BCUT2D eigenvalue weighted by molar-refractivity contribution is 0.0723. The SMILES string of the molecule is Cc1cc(C#N)cc(N2CCOCC2CO)n1. The zero-order valence-electron chi connectivity index (χ0n) is 9.76. The number of hydrogen-bond donors (Lipinski definition) is 1. The summed E-state index contributed by atoms with van der Waals surface area (Å²) in [6, 6.07) is 5.54. The van der Waals surface area contributed by atoms with Crippen LogP contribution in [-0.2, 0) is 4.74 Å². The average molecular weight is 233 g/mol. The second kappa shape index (κ2) is 5.13. The van der Waals surface area contributed by atoms with Gasteiger partial charge >= 0.3 is 0 Å². The first kappa shape index (κ1) is 11.8. The minimum atomic E-state index is -0.0791. The van der Waals surface area contributed by atoms with Crippen molar-refractivity contribution in [3.8, 4) is 6.07 Å². The van der Waals surface area contributed by atoms with Gasteiger partial charge in [0, 0.05) is 12.2 Å². The van der Waals surface area contributed by atoms with Gasteiger partial charge in [-0.3, -0.25) is 0 Å². The topological polar surface area (TPSA) is 69.4 Å². The van der Waals surface area contributed by atoms with Crippen LogP contribution in [0.1, 0.15) is 11.3 Å². The van der Waals surface area contributed by atoms with Crippen LogP contribution < -0.4 is 4.90 Å². The molecule has 5 heteroatoms. The summed E-state index contributed by atoms with van der Waals surface area (Å²) in [5.74, 6) is 0.740. The van der Waals surface area contributed by atoms with Gasteiger partial charge in [0.25, 0.3) is 0 Å². The molecule has 1 atom stereocenters. The summed E-state index contributed by atoms with van der Waals surface area (Å²) in [5.41, 5.74) is 1.40. The Balaban J connectivity index is 2.31. The van der Waals surface area contributed by atoms with Crippen molar-refractivity contribution in [2.45, 2.75) is 13.0 Å². The lowest BCUT2D eigenvalue weighted by atomic mass is 10.2. The third-order valence-corrected chi connectivity index (χ3v) is 2.80. The molecule has 0 radical (unpaired) electrons. The number of aryl methyl sites for hydroxylation is 1. The smallest absolute Gasteiger partial charge is 0.130 e. The zero-order valence-corrected chi connectivity index (χ0v) is 9.76. The number of morpholine rings is 1. The average Bonchev–Trinajstić information content (AvgIpc) is 2.37. The number of aliphatic hydroxyl groups excluding tert-OH is 1. The molecule has 90 valence electrons. The van der Waals surface area contributed by atoms with Gasteiger partial charge in [0.15, 0.2) is 0 Å². The summed E-state index contributed by atoms with van der Waals surface area (Å²) >= 11 is 0. The third kappa shape index (κ3) is 2.54. The van der Waals surface area contributed by atoms with Crippen LogP contribution >= 0.6 is 0 Å². The third-order valence-electron chi connectivity index (χ3n) is 2.80. The van der Waals surface area contributed by atoms with Crippen molar-refractivity contribution in [2.75, 3.05) is 31.3 Å². The Kier molecular flexibility index (Phi) is 3.57. The van der Waals surface area contributed by atoms with E-state index in [9.17, 15) is 5.11 Å². The van der Waals surface area contributed by atoms with Gasteiger partial charge in [0.2, 0.25) is 0 Å². The second-order valence-electron chi connectivity index (χ2n) is 4.07. The Hall–Kier alpha value is -1.64. The normalized spacial score (nSPS) is 20.1. The maximum atomic E-state index is 9.30. The Labute approximate surface area is 100 Å². The van der Waals surface area contributed by atoms with E-state index >= 15 is 0 Å². The number of anilines is 1. The van der Waals surface area contributed by atoms with Gasteiger partial charge in [-0.2, -0.15) is 5.26 Å². The summed E-state index contributed by atoms with van der Waals surface area (Å²) in [6.07, 6.45) is 0. The molecule has 17 heavy (non-hydrogen) atoms. The first-order valence-corrected chi connectivity index (χ1v) is 5.58. The summed E-state index contributed by atoms with van der Waals surface area (Å²) < 4.78 is 5.32. The highest BCUT2D eigenvalue weighted by molar-refractivity contribution is 5.47. The maximum Gasteiger partial charge on any atom is 0.130 e. The van der Waals surface area contributed by atoms with E-state index in [1.54, 1.807) is 12.1 Å². The molecule has 1 saturated heterocycles. The van der Waals surface area contributed by atoms with Gasteiger partial charge in [0.05, 0.1) is 37.5 Å². The molecule has 0 amide bonds. The Morgan fingerprint density at radius 1 is 1.65 bits per heavy atom. The molecular weight excluding hydrogens is 218 g/mol. The number of nitriles is 1. The predicted molar refractivity (Wildman–Crippen MR) is 62.7 cm³/mol. The Morgan fingerprint density at radius 2 is 2.47 bits per heavy atom. The lowest BCUT2D eigenvalue weighted by Crippen LogP contribution is -2.48. The molecule has 0 saturated carbocycles. The first-order valence-electron chi connectivity index (χ1n) is 5.58. The Morgan fingerprint density at radius 3 is 3.18 bits per heavy atom. The molecule has 0 bridgehead atoms. The lowest BCUT2D eigenvalue weighted by Gasteiger charge is -2.35. The van der Waals surface area contributed by atoms with Gasteiger partial charge in [-0.05, 0) is 19.1 Å². The van der Waals surface area contributed by atoms with Crippen LogP contribution in [-0.4, -0.2) is 42.5 Å². The predicted octanol–water partition coefficient (Wildman–Crippen LogP) is 0.459. The minimum Gasteiger partial charge on any atom is -0.394 e. The van der Waals surface area contributed by atoms with Crippen LogP contribution in [0.4, 0.5) is 5.82 Å². The molecular formula is C12H15N3O2. The van der Waals surface area contributed by atoms with E-state index in [2.05, 4.69) is 11.1 Å². The molecule has 0 aliphatic carbocycles. The first-order chi connectivity index (χ1) is 8.24. The maximum absolute atomic E-state index is 9.30. The fourth-order valence-corrected chi connectivity index (χ4v) is 1.97. The summed E-state index contributed by atoms with van der Waals surface area (Å²) in [6.45, 7) is 3.69. The molecule has 0 aromatic carbocycles. The highest BCUT2D eigenvalue weighted by Gasteiger charge is 2.23.